The quantitative estimate of drug-likeness (QED) is 0.176. The second-order valence-corrected chi connectivity index (χ2v) is 10.9. The van der Waals surface area contributed by atoms with Gasteiger partial charge in [-0.15, -0.1) is 0 Å². The molecule has 0 aromatic heterocycles. The molecule has 3 aromatic carbocycles. The van der Waals surface area contributed by atoms with Gasteiger partial charge in [0.1, 0.15) is 34.5 Å². The normalized spacial score (nSPS) is 14.4. The molecule has 1 aliphatic rings. The molecule has 1 saturated carbocycles. The van der Waals surface area contributed by atoms with Crippen molar-refractivity contribution in [2.75, 3.05) is 42.2 Å². The Hall–Kier alpha value is -4.06. The molecular weight excluding hydrogens is 540 g/mol. The molecule has 0 saturated heterocycles. The topological polar surface area (TPSA) is 55.4 Å². The minimum atomic E-state index is 0.652. The molecule has 0 N–H and O–H groups in total. The summed E-state index contributed by atoms with van der Waals surface area (Å²) in [5.41, 5.74) is 8.36. The number of aryl methyl sites for hydroxylation is 2. The molecule has 4 rings (SSSR count). The van der Waals surface area contributed by atoms with Gasteiger partial charge in [0, 0.05) is 22.3 Å². The maximum atomic E-state index is 6.47. The predicted molar refractivity (Wildman–Crippen MR) is 175 cm³/mol. The number of methoxy groups -OCH3 is 5. The van der Waals surface area contributed by atoms with Gasteiger partial charge in [0.15, 0.2) is 0 Å². The van der Waals surface area contributed by atoms with Crippen molar-refractivity contribution >= 4 is 12.2 Å². The first-order valence-corrected chi connectivity index (χ1v) is 15.1. The highest BCUT2D eigenvalue weighted by Crippen LogP contribution is 2.45. The Morgan fingerprint density at radius 1 is 0.535 bits per heavy atom. The van der Waals surface area contributed by atoms with Gasteiger partial charge < -0.3 is 28.4 Å². The molecule has 1 fully saturated rings. The molecule has 230 valence electrons. The molecule has 0 heterocycles. The van der Waals surface area contributed by atoms with Crippen LogP contribution in [0.15, 0.2) is 47.5 Å². The van der Waals surface area contributed by atoms with Crippen molar-refractivity contribution in [3.8, 4) is 45.6 Å². The van der Waals surface area contributed by atoms with Gasteiger partial charge in [0.05, 0.1) is 42.2 Å². The molecule has 43 heavy (non-hydrogen) atoms. The van der Waals surface area contributed by atoms with Crippen LogP contribution in [0.2, 0.25) is 0 Å². The summed E-state index contributed by atoms with van der Waals surface area (Å²) in [7, 11) is 8.47. The van der Waals surface area contributed by atoms with E-state index in [2.05, 4.69) is 31.2 Å². The van der Waals surface area contributed by atoms with Crippen LogP contribution in [0.5, 0.6) is 34.5 Å². The van der Waals surface area contributed by atoms with E-state index in [4.69, 9.17) is 28.4 Å². The number of hydrogen-bond acceptors (Lipinski definition) is 6. The van der Waals surface area contributed by atoms with Crippen LogP contribution >= 0.6 is 0 Å². The van der Waals surface area contributed by atoms with Gasteiger partial charge in [-0.1, -0.05) is 26.2 Å². The lowest BCUT2D eigenvalue weighted by atomic mass is 9.82. The van der Waals surface area contributed by atoms with Crippen molar-refractivity contribution in [2.45, 2.75) is 59.3 Å². The van der Waals surface area contributed by atoms with Crippen molar-refractivity contribution < 1.29 is 28.4 Å². The van der Waals surface area contributed by atoms with E-state index in [0.29, 0.717) is 6.61 Å². The Morgan fingerprint density at radius 3 is 1.53 bits per heavy atom. The minimum absolute atomic E-state index is 0.652. The second-order valence-electron chi connectivity index (χ2n) is 10.9. The van der Waals surface area contributed by atoms with Gasteiger partial charge in [0.25, 0.3) is 0 Å². The van der Waals surface area contributed by atoms with E-state index in [1.165, 1.54) is 24.0 Å². The van der Waals surface area contributed by atoms with Crippen molar-refractivity contribution in [3.05, 3.63) is 69.8 Å². The number of unbranched alkanes of at least 4 members (excludes halogenated alkanes) is 3. The van der Waals surface area contributed by atoms with Crippen LogP contribution in [-0.4, -0.2) is 42.2 Å². The summed E-state index contributed by atoms with van der Waals surface area (Å²) >= 11 is 0. The molecule has 0 amide bonds. The van der Waals surface area contributed by atoms with Crippen molar-refractivity contribution in [3.63, 3.8) is 0 Å². The first-order chi connectivity index (χ1) is 20.9. The third kappa shape index (κ3) is 7.30. The smallest absolute Gasteiger partial charge is 0.127 e. The van der Waals surface area contributed by atoms with E-state index in [1.54, 1.807) is 35.5 Å². The Morgan fingerprint density at radius 2 is 1.00 bits per heavy atom. The van der Waals surface area contributed by atoms with Crippen LogP contribution in [-0.2, 0) is 0 Å². The fraction of sp³-hybridized carbons (Fsp3) is 0.405. The lowest BCUT2D eigenvalue weighted by Crippen LogP contribution is -2.05. The number of rotatable bonds is 14. The zero-order chi connectivity index (χ0) is 30.9. The second kappa shape index (κ2) is 14.9. The number of ether oxygens (including phenoxy) is 6. The number of allylic oxidation sites excluding steroid dienone is 2. The van der Waals surface area contributed by atoms with Gasteiger partial charge >= 0.3 is 0 Å². The van der Waals surface area contributed by atoms with E-state index in [0.717, 1.165) is 93.6 Å². The van der Waals surface area contributed by atoms with Gasteiger partial charge in [-0.05, 0) is 104 Å². The fourth-order valence-electron chi connectivity index (χ4n) is 5.47. The molecule has 6 nitrogen and oxygen atoms in total. The average molecular weight is 587 g/mol. The zero-order valence-electron chi connectivity index (χ0n) is 27.0. The molecule has 0 aliphatic heterocycles. The van der Waals surface area contributed by atoms with E-state index in [9.17, 15) is 0 Å². The summed E-state index contributed by atoms with van der Waals surface area (Å²) in [4.78, 5) is 0. The average Bonchev–Trinajstić information content (AvgIpc) is 3.01. The predicted octanol–water partition coefficient (Wildman–Crippen LogP) is 9.23. The first-order valence-electron chi connectivity index (χ1n) is 15.1. The van der Waals surface area contributed by atoms with Crippen molar-refractivity contribution in [1.82, 2.24) is 0 Å². The highest BCUT2D eigenvalue weighted by molar-refractivity contribution is 5.82. The molecule has 1 aliphatic carbocycles. The molecule has 0 unspecified atom stereocenters. The molecule has 3 aromatic rings. The Balaban J connectivity index is 1.79. The monoisotopic (exact) mass is 586 g/mol. The third-order valence-electron chi connectivity index (χ3n) is 8.08. The molecular formula is C37H46O6. The zero-order valence-corrected chi connectivity index (χ0v) is 27.0. The summed E-state index contributed by atoms with van der Waals surface area (Å²) in [6.45, 7) is 6.90. The summed E-state index contributed by atoms with van der Waals surface area (Å²) in [6, 6.07) is 12.2. The Labute approximate surface area is 257 Å². The van der Waals surface area contributed by atoms with Crippen molar-refractivity contribution in [1.29, 1.82) is 0 Å². The molecule has 6 heteroatoms. The van der Waals surface area contributed by atoms with E-state index < -0.39 is 0 Å². The molecule has 0 spiro atoms. The number of hydrogen-bond donors (Lipinski definition) is 0. The van der Waals surface area contributed by atoms with E-state index in [1.807, 2.05) is 38.1 Å². The highest BCUT2D eigenvalue weighted by atomic mass is 16.5. The fourth-order valence-corrected chi connectivity index (χ4v) is 5.47. The summed E-state index contributed by atoms with van der Waals surface area (Å²) in [6.07, 6.45) is 11.0. The largest absolute Gasteiger partial charge is 0.496 e. The van der Waals surface area contributed by atoms with Gasteiger partial charge in [-0.25, -0.2) is 0 Å². The summed E-state index contributed by atoms with van der Waals surface area (Å²) in [5, 5.41) is 0. The molecule has 0 bridgehead atoms. The lowest BCUT2D eigenvalue weighted by Gasteiger charge is -2.24. The Kier molecular flexibility index (Phi) is 11.0. The lowest BCUT2D eigenvalue weighted by molar-refractivity contribution is 0.304. The third-order valence-corrected chi connectivity index (χ3v) is 8.08. The van der Waals surface area contributed by atoms with Crippen LogP contribution < -0.4 is 28.4 Å². The van der Waals surface area contributed by atoms with E-state index in [-0.39, 0.29) is 0 Å². The van der Waals surface area contributed by atoms with Crippen LogP contribution in [0.25, 0.3) is 23.3 Å². The maximum absolute atomic E-state index is 6.47. The van der Waals surface area contributed by atoms with Gasteiger partial charge in [0.2, 0.25) is 0 Å². The maximum Gasteiger partial charge on any atom is 0.127 e. The highest BCUT2D eigenvalue weighted by Gasteiger charge is 2.22. The van der Waals surface area contributed by atoms with Crippen LogP contribution in [0.1, 0.15) is 67.7 Å². The van der Waals surface area contributed by atoms with Crippen LogP contribution in [0.3, 0.4) is 0 Å². The van der Waals surface area contributed by atoms with Crippen LogP contribution in [0.4, 0.5) is 0 Å². The summed E-state index contributed by atoms with van der Waals surface area (Å²) < 4.78 is 35.1. The SMILES string of the molecule is CCCCCCOc1cc(-c2cc(OC)c(C)cc2OC)c(OC)cc1/C=C1/CC/C1=C\c1cc(OC)c(C)cc1OC. The van der Waals surface area contributed by atoms with Gasteiger partial charge in [-0.3, -0.25) is 0 Å². The summed E-state index contributed by atoms with van der Waals surface area (Å²) in [5.74, 6) is 4.79. The van der Waals surface area contributed by atoms with Crippen LogP contribution in [0, 0.1) is 13.8 Å². The Bertz CT molecular complexity index is 1480. The van der Waals surface area contributed by atoms with Gasteiger partial charge in [-0.2, -0.15) is 0 Å². The minimum Gasteiger partial charge on any atom is -0.496 e. The van der Waals surface area contributed by atoms with Crippen molar-refractivity contribution in [2.24, 2.45) is 0 Å². The van der Waals surface area contributed by atoms with E-state index >= 15 is 0 Å². The number of benzene rings is 3. The standard InChI is InChI=1S/C37H46O6/c1-9-10-11-12-15-43-35-23-31(30-22-33(39-5)25(3)17-36(30)41-7)37(42-8)21-29(35)19-27-14-13-26(27)18-28-20-32(38-4)24(2)16-34(28)40-6/h16-23H,9-15H2,1-8H3/b26-18+,27-19-. The molecule has 0 atom stereocenters. The first kappa shape index (κ1) is 31.9. The molecule has 0 radical (unpaired) electrons.